The van der Waals surface area contributed by atoms with Gasteiger partial charge in [-0.05, 0) is 47.6 Å². The minimum atomic E-state index is 1.01. The maximum Gasteiger partial charge on any atom is 0.00723 e. The van der Waals surface area contributed by atoms with E-state index >= 15 is 0 Å². The molecule has 0 saturated heterocycles. The third-order valence-corrected chi connectivity index (χ3v) is 4.22. The summed E-state index contributed by atoms with van der Waals surface area (Å²) in [7, 11) is 0. The molecule has 0 unspecified atom stereocenters. The lowest BCUT2D eigenvalue weighted by molar-refractivity contribution is 0.896. The number of benzene rings is 2. The summed E-state index contributed by atoms with van der Waals surface area (Å²) in [6.45, 7) is 2.23. The molecule has 0 radical (unpaired) electrons. The number of rotatable bonds is 5. The third kappa shape index (κ3) is 3.82. The molecule has 0 aromatic heterocycles. The monoisotopic (exact) mass is 274 g/mol. The molecule has 18 heavy (non-hydrogen) atoms. The topological polar surface area (TPSA) is 0 Å². The van der Waals surface area contributed by atoms with Crippen molar-refractivity contribution in [3.63, 3.8) is 0 Å². The van der Waals surface area contributed by atoms with E-state index in [4.69, 9.17) is 0 Å². The van der Waals surface area contributed by atoms with Crippen LogP contribution >= 0.6 is 24.4 Å². The van der Waals surface area contributed by atoms with Crippen LogP contribution in [-0.4, -0.2) is 5.75 Å². The Labute approximate surface area is 119 Å². The van der Waals surface area contributed by atoms with E-state index in [0.717, 1.165) is 4.90 Å². The molecule has 0 atom stereocenters. The molecule has 2 heteroatoms. The molecular weight excluding hydrogens is 256 g/mol. The Morgan fingerprint density at radius 2 is 1.44 bits per heavy atom. The van der Waals surface area contributed by atoms with Crippen molar-refractivity contribution in [3.8, 4) is 11.1 Å². The molecular formula is C16H18S2. The first kappa shape index (κ1) is 13.6. The number of hydrogen-bond acceptors (Lipinski definition) is 2. The van der Waals surface area contributed by atoms with Gasteiger partial charge in [0.2, 0.25) is 0 Å². The van der Waals surface area contributed by atoms with Gasteiger partial charge in [-0.2, -0.15) is 0 Å². The van der Waals surface area contributed by atoms with Crippen LogP contribution in [0, 0.1) is 0 Å². The van der Waals surface area contributed by atoms with E-state index in [-0.39, 0.29) is 0 Å². The highest BCUT2D eigenvalue weighted by Gasteiger charge is 1.98. The molecule has 2 aromatic carbocycles. The van der Waals surface area contributed by atoms with Gasteiger partial charge in [0.1, 0.15) is 0 Å². The molecule has 0 amide bonds. The zero-order valence-corrected chi connectivity index (χ0v) is 12.3. The summed E-state index contributed by atoms with van der Waals surface area (Å²) in [5.41, 5.74) is 2.51. The molecule has 0 aliphatic rings. The average Bonchev–Trinajstić information content (AvgIpc) is 2.41. The minimum Gasteiger partial charge on any atom is -0.143 e. The van der Waals surface area contributed by atoms with E-state index in [1.165, 1.54) is 34.6 Å². The summed E-state index contributed by atoms with van der Waals surface area (Å²) in [5, 5.41) is 0. The van der Waals surface area contributed by atoms with Crippen LogP contribution in [0.15, 0.2) is 58.3 Å². The van der Waals surface area contributed by atoms with Crippen LogP contribution < -0.4 is 0 Å². The van der Waals surface area contributed by atoms with Crippen LogP contribution in [0.3, 0.4) is 0 Å². The summed E-state index contributed by atoms with van der Waals surface area (Å²) in [6.07, 6.45) is 2.55. The smallest absolute Gasteiger partial charge is 0.00723 e. The molecule has 0 fully saturated rings. The summed E-state index contributed by atoms with van der Waals surface area (Å²) < 4.78 is 0. The highest BCUT2D eigenvalue weighted by atomic mass is 32.2. The Hall–Kier alpha value is -0.860. The lowest BCUT2D eigenvalue weighted by Gasteiger charge is -2.04. The highest BCUT2D eigenvalue weighted by molar-refractivity contribution is 7.99. The normalized spacial score (nSPS) is 10.6. The van der Waals surface area contributed by atoms with Crippen molar-refractivity contribution in [2.24, 2.45) is 0 Å². The molecule has 94 valence electrons. The Morgan fingerprint density at radius 1 is 0.889 bits per heavy atom. The summed E-state index contributed by atoms with van der Waals surface area (Å²) in [5.74, 6) is 1.21. The van der Waals surface area contributed by atoms with Gasteiger partial charge < -0.3 is 0 Å². The van der Waals surface area contributed by atoms with Crippen molar-refractivity contribution < 1.29 is 0 Å². The Morgan fingerprint density at radius 3 is 2.00 bits per heavy atom. The first-order valence-corrected chi connectivity index (χ1v) is 7.75. The lowest BCUT2D eigenvalue weighted by atomic mass is 10.1. The van der Waals surface area contributed by atoms with E-state index in [2.05, 4.69) is 56.0 Å². The number of thiol groups is 1. The standard InChI is InChI=1S/C16H18S2/c1-2-3-12-18-16-10-6-14(7-11-16)13-4-8-15(17)9-5-13/h4-11,17H,2-3,12H2,1H3. The zero-order chi connectivity index (χ0) is 12.8. The predicted molar refractivity (Wildman–Crippen MR) is 84.8 cm³/mol. The maximum atomic E-state index is 4.30. The van der Waals surface area contributed by atoms with Crippen LogP contribution in [0.25, 0.3) is 11.1 Å². The zero-order valence-electron chi connectivity index (χ0n) is 10.6. The minimum absolute atomic E-state index is 1.01. The fraction of sp³-hybridized carbons (Fsp3) is 0.250. The molecule has 0 aliphatic carbocycles. The molecule has 0 aliphatic heterocycles. The second kappa shape index (κ2) is 6.91. The largest absolute Gasteiger partial charge is 0.143 e. The third-order valence-electron chi connectivity index (χ3n) is 2.82. The average molecular weight is 274 g/mol. The van der Waals surface area contributed by atoms with Crippen molar-refractivity contribution in [2.45, 2.75) is 29.6 Å². The Balaban J connectivity index is 2.05. The fourth-order valence-corrected chi connectivity index (χ4v) is 2.88. The van der Waals surface area contributed by atoms with Crippen LogP contribution in [0.4, 0.5) is 0 Å². The van der Waals surface area contributed by atoms with Gasteiger partial charge in [0.15, 0.2) is 0 Å². The van der Waals surface area contributed by atoms with Crippen LogP contribution in [-0.2, 0) is 0 Å². The maximum absolute atomic E-state index is 4.30. The van der Waals surface area contributed by atoms with Crippen LogP contribution in [0.5, 0.6) is 0 Å². The number of unbranched alkanes of at least 4 members (excludes halogenated alkanes) is 1. The van der Waals surface area contributed by atoms with Gasteiger partial charge in [-0.25, -0.2) is 0 Å². The predicted octanol–water partition coefficient (Wildman–Crippen LogP) is 5.53. The fourth-order valence-electron chi connectivity index (χ4n) is 1.73. The summed E-state index contributed by atoms with van der Waals surface area (Å²) in [6, 6.07) is 17.1. The highest BCUT2D eigenvalue weighted by Crippen LogP contribution is 2.25. The van der Waals surface area contributed by atoms with Gasteiger partial charge in [-0.3, -0.25) is 0 Å². The number of hydrogen-bond donors (Lipinski definition) is 1. The van der Waals surface area contributed by atoms with Crippen molar-refractivity contribution in [1.82, 2.24) is 0 Å². The van der Waals surface area contributed by atoms with Crippen molar-refractivity contribution in [2.75, 3.05) is 5.75 Å². The molecule has 0 saturated carbocycles. The second-order valence-electron chi connectivity index (χ2n) is 4.27. The van der Waals surface area contributed by atoms with E-state index in [1.54, 1.807) is 0 Å². The number of thioether (sulfide) groups is 1. The van der Waals surface area contributed by atoms with Crippen molar-refractivity contribution in [3.05, 3.63) is 48.5 Å². The van der Waals surface area contributed by atoms with Gasteiger partial charge in [0.05, 0.1) is 0 Å². The van der Waals surface area contributed by atoms with E-state index in [1.807, 2.05) is 23.9 Å². The lowest BCUT2D eigenvalue weighted by Crippen LogP contribution is -1.80. The van der Waals surface area contributed by atoms with Gasteiger partial charge in [-0.15, -0.1) is 24.4 Å². The van der Waals surface area contributed by atoms with E-state index in [0.29, 0.717) is 0 Å². The second-order valence-corrected chi connectivity index (χ2v) is 5.96. The van der Waals surface area contributed by atoms with E-state index in [9.17, 15) is 0 Å². The Bertz CT molecular complexity index is 471. The van der Waals surface area contributed by atoms with Gasteiger partial charge in [-0.1, -0.05) is 37.6 Å². The molecule has 0 nitrogen and oxygen atoms in total. The van der Waals surface area contributed by atoms with Crippen LogP contribution in [0.2, 0.25) is 0 Å². The van der Waals surface area contributed by atoms with Gasteiger partial charge in [0.25, 0.3) is 0 Å². The quantitative estimate of drug-likeness (QED) is 0.424. The summed E-state index contributed by atoms with van der Waals surface area (Å²) >= 11 is 6.24. The molecule has 0 bridgehead atoms. The first-order chi connectivity index (χ1) is 8.79. The molecule has 0 heterocycles. The molecule has 2 rings (SSSR count). The molecule has 0 N–H and O–H groups in total. The van der Waals surface area contributed by atoms with Gasteiger partial charge >= 0.3 is 0 Å². The van der Waals surface area contributed by atoms with Crippen LogP contribution in [0.1, 0.15) is 19.8 Å². The molecule has 2 aromatic rings. The van der Waals surface area contributed by atoms with Crippen molar-refractivity contribution >= 4 is 24.4 Å². The van der Waals surface area contributed by atoms with Gasteiger partial charge in [0, 0.05) is 9.79 Å². The Kier molecular flexibility index (Phi) is 5.21. The van der Waals surface area contributed by atoms with Crippen molar-refractivity contribution in [1.29, 1.82) is 0 Å². The molecule has 0 spiro atoms. The summed E-state index contributed by atoms with van der Waals surface area (Å²) in [4.78, 5) is 2.36. The van der Waals surface area contributed by atoms with E-state index < -0.39 is 0 Å². The first-order valence-electron chi connectivity index (χ1n) is 6.32. The SMILES string of the molecule is CCCCSc1ccc(-c2ccc(S)cc2)cc1.